The van der Waals surface area contributed by atoms with E-state index < -0.39 is 11.4 Å². The Morgan fingerprint density at radius 2 is 2.00 bits per heavy atom. The Hall–Kier alpha value is -0.0700. The summed E-state index contributed by atoms with van der Waals surface area (Å²) in [4.78, 5) is 0. The van der Waals surface area contributed by atoms with Crippen LogP contribution in [0.2, 0.25) is 0 Å². The molecule has 2 N–H and O–H groups in total. The van der Waals surface area contributed by atoms with Crippen molar-refractivity contribution in [1.82, 2.24) is 0 Å². The fourth-order valence-electron chi connectivity index (χ4n) is 0.630. The van der Waals surface area contributed by atoms with E-state index in [4.69, 9.17) is 5.73 Å². The Labute approximate surface area is 94.9 Å². The molecule has 1 rings (SSSR count). The van der Waals surface area contributed by atoms with E-state index in [0.717, 1.165) is 0 Å². The maximum Gasteiger partial charge on any atom is 1.00 e. The molecule has 0 heterocycles. The number of hydrogen-bond acceptors (Lipinski definition) is 4. The molecule has 1 aromatic carbocycles. The number of rotatable bonds is 2. The largest absolute Gasteiger partial charge is 1.00 e. The van der Waals surface area contributed by atoms with Crippen LogP contribution >= 0.6 is 0 Å². The van der Waals surface area contributed by atoms with Crippen LogP contribution in [0.25, 0.3) is 0 Å². The molecule has 0 aliphatic rings. The second kappa shape index (κ2) is 5.55. The van der Waals surface area contributed by atoms with Gasteiger partial charge in [-0.3, -0.25) is 0 Å². The Morgan fingerprint density at radius 3 is 2.50 bits per heavy atom. The van der Waals surface area contributed by atoms with Crippen LogP contribution in [0, 0.1) is 0 Å². The van der Waals surface area contributed by atoms with Crippen molar-refractivity contribution in [3.05, 3.63) is 24.3 Å². The molecular formula is C6H6NNaO3S. The predicted octanol–water partition coefficient (Wildman–Crippen LogP) is -2.55. The van der Waals surface area contributed by atoms with Gasteiger partial charge in [-0.25, -0.2) is 4.21 Å². The number of nitrogen functional groups attached to an aromatic ring is 1. The van der Waals surface area contributed by atoms with E-state index in [2.05, 4.69) is 4.18 Å². The zero-order chi connectivity index (χ0) is 8.27. The average Bonchev–Trinajstić information content (AvgIpc) is 1.93. The smallest absolute Gasteiger partial charge is 0.740 e. The normalized spacial score (nSPS) is 11.4. The van der Waals surface area contributed by atoms with Crippen molar-refractivity contribution in [3.63, 3.8) is 0 Å². The topological polar surface area (TPSA) is 75.4 Å². The zero-order valence-electron chi connectivity index (χ0n) is 6.52. The summed E-state index contributed by atoms with van der Waals surface area (Å²) in [7, 11) is 0. The summed E-state index contributed by atoms with van der Waals surface area (Å²) < 4.78 is 24.4. The molecular weight excluding hydrogens is 189 g/mol. The number of hydrogen-bond donors (Lipinski definition) is 1. The Morgan fingerprint density at radius 1 is 1.42 bits per heavy atom. The van der Waals surface area contributed by atoms with E-state index >= 15 is 0 Å². The summed E-state index contributed by atoms with van der Waals surface area (Å²) in [5.41, 5.74) is 5.67. The molecule has 6 heteroatoms. The fraction of sp³-hybridized carbons (Fsp3) is 0. The van der Waals surface area contributed by atoms with Gasteiger partial charge < -0.3 is 14.5 Å². The quantitative estimate of drug-likeness (QED) is 0.320. The van der Waals surface area contributed by atoms with Gasteiger partial charge in [-0.1, -0.05) is 12.1 Å². The van der Waals surface area contributed by atoms with Gasteiger partial charge in [-0.2, -0.15) is 0 Å². The maximum absolute atomic E-state index is 10.0. The van der Waals surface area contributed by atoms with Crippen LogP contribution in [0.4, 0.5) is 5.69 Å². The fourth-order valence-corrected chi connectivity index (χ4v) is 0.928. The van der Waals surface area contributed by atoms with Crippen molar-refractivity contribution in [2.75, 3.05) is 5.73 Å². The molecule has 0 radical (unpaired) electrons. The minimum absolute atomic E-state index is 0. The van der Waals surface area contributed by atoms with Crippen molar-refractivity contribution in [3.8, 4) is 5.75 Å². The van der Waals surface area contributed by atoms with Crippen LogP contribution in [-0.4, -0.2) is 8.76 Å². The van der Waals surface area contributed by atoms with Gasteiger partial charge >= 0.3 is 29.6 Å². The minimum atomic E-state index is -2.56. The summed E-state index contributed by atoms with van der Waals surface area (Å²) in [6, 6.07) is 6.36. The number of nitrogens with two attached hydrogens (primary N) is 1. The summed E-state index contributed by atoms with van der Waals surface area (Å²) in [5.74, 6) is 0.154. The molecule has 1 unspecified atom stereocenters. The first-order valence-corrected chi connectivity index (χ1v) is 3.82. The van der Waals surface area contributed by atoms with Gasteiger partial charge in [0.05, 0.1) is 5.69 Å². The molecule has 12 heavy (non-hydrogen) atoms. The second-order valence-corrected chi connectivity index (χ2v) is 2.40. The summed E-state index contributed by atoms with van der Waals surface area (Å²) in [6.45, 7) is 0. The monoisotopic (exact) mass is 195 g/mol. The van der Waals surface area contributed by atoms with Crippen LogP contribution in [0.15, 0.2) is 24.3 Å². The van der Waals surface area contributed by atoms with Gasteiger partial charge in [0, 0.05) is 0 Å². The summed E-state index contributed by atoms with van der Waals surface area (Å²) in [5, 5.41) is 0. The SMILES string of the molecule is Nc1ccccc1OS(=O)[O-].[Na+]. The number of benzene rings is 1. The third-order valence-electron chi connectivity index (χ3n) is 1.08. The molecule has 0 amide bonds. The third-order valence-corrected chi connectivity index (χ3v) is 1.39. The molecule has 0 fully saturated rings. The molecule has 0 aliphatic heterocycles. The van der Waals surface area contributed by atoms with Crippen molar-refractivity contribution in [1.29, 1.82) is 0 Å². The molecule has 4 nitrogen and oxygen atoms in total. The Bertz CT molecular complexity index is 281. The van der Waals surface area contributed by atoms with Gasteiger partial charge in [0.1, 0.15) is 11.4 Å². The summed E-state index contributed by atoms with van der Waals surface area (Å²) in [6.07, 6.45) is 0. The van der Waals surface area contributed by atoms with Crippen LogP contribution in [-0.2, 0) is 11.4 Å². The molecule has 0 saturated heterocycles. The molecule has 1 atom stereocenters. The van der Waals surface area contributed by atoms with E-state index in [9.17, 15) is 8.76 Å². The van der Waals surface area contributed by atoms with E-state index in [1.165, 1.54) is 6.07 Å². The van der Waals surface area contributed by atoms with E-state index in [1.807, 2.05) is 0 Å². The Kier molecular flexibility index (Phi) is 5.52. The Balaban J connectivity index is 0.00000121. The van der Waals surface area contributed by atoms with Gasteiger partial charge in [0.2, 0.25) is 0 Å². The van der Waals surface area contributed by atoms with Crippen molar-refractivity contribution in [2.45, 2.75) is 0 Å². The molecule has 0 aliphatic carbocycles. The predicted molar refractivity (Wildman–Crippen MR) is 40.4 cm³/mol. The molecule has 1 aromatic rings. The van der Waals surface area contributed by atoms with Gasteiger partial charge in [-0.05, 0) is 12.1 Å². The standard InChI is InChI=1S/C6H7NO3S.Na/c7-5-3-1-2-4-6(5)10-11(8)9;/h1-4H,7H2,(H,8,9);/q;+1/p-1. The first-order chi connectivity index (χ1) is 5.20. The first kappa shape index (κ1) is 11.9. The van der Waals surface area contributed by atoms with Crippen LogP contribution in [0.3, 0.4) is 0 Å². The van der Waals surface area contributed by atoms with E-state index in [0.29, 0.717) is 5.69 Å². The average molecular weight is 195 g/mol. The van der Waals surface area contributed by atoms with Crippen LogP contribution in [0.1, 0.15) is 0 Å². The van der Waals surface area contributed by atoms with Crippen LogP contribution in [0.5, 0.6) is 5.75 Å². The first-order valence-electron chi connectivity index (χ1n) is 2.82. The van der Waals surface area contributed by atoms with Crippen molar-refractivity contribution >= 4 is 17.0 Å². The molecule has 0 spiro atoms. The van der Waals surface area contributed by atoms with Gasteiger partial charge in [-0.15, -0.1) is 0 Å². The van der Waals surface area contributed by atoms with Crippen LogP contribution < -0.4 is 39.5 Å². The second-order valence-electron chi connectivity index (χ2n) is 1.83. The summed E-state index contributed by atoms with van der Waals surface area (Å²) >= 11 is -2.56. The van der Waals surface area contributed by atoms with Gasteiger partial charge in [0.15, 0.2) is 5.75 Å². The minimum Gasteiger partial charge on any atom is -0.740 e. The molecule has 0 bridgehead atoms. The number of para-hydroxylation sites is 2. The number of anilines is 1. The molecule has 60 valence electrons. The molecule has 0 saturated carbocycles. The maximum atomic E-state index is 10.0. The van der Waals surface area contributed by atoms with Crippen molar-refractivity contribution in [2.24, 2.45) is 0 Å². The van der Waals surface area contributed by atoms with Gasteiger partial charge in [0.25, 0.3) is 0 Å². The zero-order valence-corrected chi connectivity index (χ0v) is 9.34. The van der Waals surface area contributed by atoms with E-state index in [1.54, 1.807) is 18.2 Å². The molecule has 0 aromatic heterocycles. The third kappa shape index (κ3) is 3.55. The van der Waals surface area contributed by atoms with Crippen molar-refractivity contribution < 1.29 is 42.5 Å². The van der Waals surface area contributed by atoms with E-state index in [-0.39, 0.29) is 35.3 Å².